The minimum atomic E-state index is -0.405. The van der Waals surface area contributed by atoms with Crippen molar-refractivity contribution in [2.45, 2.75) is 26.7 Å². The van der Waals surface area contributed by atoms with E-state index >= 15 is 0 Å². The molecule has 1 heterocycles. The summed E-state index contributed by atoms with van der Waals surface area (Å²) in [6.45, 7) is 3.85. The average molecular weight is 236 g/mol. The van der Waals surface area contributed by atoms with E-state index in [9.17, 15) is 9.59 Å². The maximum atomic E-state index is 11.7. The number of aryl methyl sites for hydroxylation is 1. The van der Waals surface area contributed by atoms with Crippen molar-refractivity contribution in [2.75, 3.05) is 11.9 Å². The Bertz CT molecular complexity index is 447. The van der Waals surface area contributed by atoms with Gasteiger partial charge in [0, 0.05) is 17.8 Å². The number of H-pyrrole nitrogens is 1. The zero-order valence-electron chi connectivity index (χ0n) is 10.0. The van der Waals surface area contributed by atoms with Crippen LogP contribution < -0.4 is 5.32 Å². The van der Waals surface area contributed by atoms with Gasteiger partial charge in [0.25, 0.3) is 0 Å². The van der Waals surface area contributed by atoms with Gasteiger partial charge in [-0.3, -0.25) is 4.79 Å². The molecule has 1 aliphatic carbocycles. The topological polar surface area (TPSA) is 71.2 Å². The number of hydrogen-bond donors (Lipinski definition) is 2. The molecule has 1 aliphatic rings. The fourth-order valence-corrected chi connectivity index (χ4v) is 1.67. The molecular weight excluding hydrogens is 220 g/mol. The lowest BCUT2D eigenvalue weighted by Crippen LogP contribution is -2.16. The number of hydrogen-bond acceptors (Lipinski definition) is 3. The van der Waals surface area contributed by atoms with E-state index in [0.29, 0.717) is 23.6 Å². The molecule has 0 radical (unpaired) electrons. The maximum Gasteiger partial charge on any atom is 0.342 e. The Morgan fingerprint density at radius 1 is 1.53 bits per heavy atom. The molecule has 1 amide bonds. The summed E-state index contributed by atoms with van der Waals surface area (Å²) >= 11 is 0. The molecule has 0 aromatic carbocycles. The van der Waals surface area contributed by atoms with E-state index < -0.39 is 5.97 Å². The van der Waals surface area contributed by atoms with Crippen molar-refractivity contribution in [1.82, 2.24) is 4.98 Å². The van der Waals surface area contributed by atoms with Crippen molar-refractivity contribution in [2.24, 2.45) is 5.92 Å². The van der Waals surface area contributed by atoms with Gasteiger partial charge in [-0.1, -0.05) is 0 Å². The molecule has 0 atom stereocenters. The molecule has 5 heteroatoms. The Kier molecular flexibility index (Phi) is 3.17. The first kappa shape index (κ1) is 11.7. The van der Waals surface area contributed by atoms with Crippen LogP contribution in [0, 0.1) is 12.8 Å². The van der Waals surface area contributed by atoms with Gasteiger partial charge in [-0.05, 0) is 26.7 Å². The predicted octanol–water partition coefficient (Wildman–Crippen LogP) is 1.85. The number of rotatable bonds is 4. The second-order valence-electron chi connectivity index (χ2n) is 4.19. The van der Waals surface area contributed by atoms with E-state index in [-0.39, 0.29) is 11.8 Å². The van der Waals surface area contributed by atoms with E-state index in [1.807, 2.05) is 0 Å². The third-order valence-electron chi connectivity index (χ3n) is 2.76. The second-order valence-corrected chi connectivity index (χ2v) is 4.19. The van der Waals surface area contributed by atoms with Crippen LogP contribution in [0.4, 0.5) is 5.69 Å². The fraction of sp³-hybridized carbons (Fsp3) is 0.500. The summed E-state index contributed by atoms with van der Waals surface area (Å²) in [5.74, 6) is -0.313. The van der Waals surface area contributed by atoms with Crippen LogP contribution in [0.25, 0.3) is 0 Å². The van der Waals surface area contributed by atoms with Crippen molar-refractivity contribution in [3.63, 3.8) is 0 Å². The van der Waals surface area contributed by atoms with Crippen LogP contribution in [-0.2, 0) is 9.53 Å². The third kappa shape index (κ3) is 2.49. The largest absolute Gasteiger partial charge is 0.462 e. The van der Waals surface area contributed by atoms with Gasteiger partial charge in [0.1, 0.15) is 5.56 Å². The first-order chi connectivity index (χ1) is 8.13. The van der Waals surface area contributed by atoms with Gasteiger partial charge >= 0.3 is 5.97 Å². The highest BCUT2D eigenvalue weighted by Crippen LogP contribution is 2.31. The third-order valence-corrected chi connectivity index (χ3v) is 2.76. The predicted molar refractivity (Wildman–Crippen MR) is 62.8 cm³/mol. The van der Waals surface area contributed by atoms with Crippen molar-refractivity contribution >= 4 is 17.6 Å². The highest BCUT2D eigenvalue weighted by molar-refractivity contribution is 6.03. The number of aromatic amines is 1. The highest BCUT2D eigenvalue weighted by Gasteiger charge is 2.31. The lowest BCUT2D eigenvalue weighted by atomic mass is 10.2. The van der Waals surface area contributed by atoms with Gasteiger partial charge in [0.05, 0.1) is 12.3 Å². The Hall–Kier alpha value is -1.78. The Morgan fingerprint density at radius 2 is 2.24 bits per heavy atom. The number of amides is 1. The molecule has 1 aromatic rings. The molecule has 17 heavy (non-hydrogen) atoms. The summed E-state index contributed by atoms with van der Waals surface area (Å²) in [4.78, 5) is 26.3. The first-order valence-electron chi connectivity index (χ1n) is 5.79. The maximum absolute atomic E-state index is 11.7. The van der Waals surface area contributed by atoms with Gasteiger partial charge in [0.15, 0.2) is 0 Å². The van der Waals surface area contributed by atoms with Crippen LogP contribution in [0.1, 0.15) is 35.8 Å². The molecule has 1 saturated carbocycles. The van der Waals surface area contributed by atoms with E-state index in [0.717, 1.165) is 12.8 Å². The highest BCUT2D eigenvalue weighted by atomic mass is 16.5. The Labute approximate surface area is 99.5 Å². The summed E-state index contributed by atoms with van der Waals surface area (Å²) in [5.41, 5.74) is 1.63. The van der Waals surface area contributed by atoms with Crippen molar-refractivity contribution in [3.8, 4) is 0 Å². The molecule has 0 bridgehead atoms. The minimum absolute atomic E-state index is 0.0189. The molecule has 5 nitrogen and oxygen atoms in total. The van der Waals surface area contributed by atoms with Crippen LogP contribution in [0.2, 0.25) is 0 Å². The monoisotopic (exact) mass is 236 g/mol. The zero-order valence-corrected chi connectivity index (χ0v) is 10.0. The lowest BCUT2D eigenvalue weighted by Gasteiger charge is -2.06. The molecular formula is C12H16N2O3. The van der Waals surface area contributed by atoms with Gasteiger partial charge in [-0.2, -0.15) is 0 Å². The number of ether oxygens (including phenoxy) is 1. The zero-order chi connectivity index (χ0) is 12.4. The summed E-state index contributed by atoms with van der Waals surface area (Å²) in [5, 5.41) is 2.76. The Morgan fingerprint density at radius 3 is 2.82 bits per heavy atom. The van der Waals surface area contributed by atoms with Gasteiger partial charge in [-0.25, -0.2) is 4.79 Å². The number of carbonyl (C=O) groups is 2. The number of anilines is 1. The molecule has 1 fully saturated rings. The SMILES string of the molecule is CCOC(=O)c1c(NC(=O)C2CC2)c[nH]c1C. The van der Waals surface area contributed by atoms with Crippen LogP contribution in [-0.4, -0.2) is 23.5 Å². The summed E-state index contributed by atoms with van der Waals surface area (Å²) in [7, 11) is 0. The molecule has 92 valence electrons. The van der Waals surface area contributed by atoms with Crippen LogP contribution in [0.3, 0.4) is 0 Å². The molecule has 0 unspecified atom stereocenters. The summed E-state index contributed by atoms with van der Waals surface area (Å²) < 4.78 is 4.96. The standard InChI is InChI=1S/C12H16N2O3/c1-3-17-12(16)10-7(2)13-6-9(10)14-11(15)8-4-5-8/h6,8,13H,3-5H2,1-2H3,(H,14,15). The summed E-state index contributed by atoms with van der Waals surface area (Å²) in [6, 6.07) is 0. The number of aromatic nitrogens is 1. The van der Waals surface area contributed by atoms with Crippen molar-refractivity contribution in [3.05, 3.63) is 17.5 Å². The molecule has 1 aromatic heterocycles. The molecule has 0 spiro atoms. The van der Waals surface area contributed by atoms with Crippen molar-refractivity contribution in [1.29, 1.82) is 0 Å². The molecule has 0 saturated heterocycles. The fourth-order valence-electron chi connectivity index (χ4n) is 1.67. The molecule has 2 N–H and O–H groups in total. The Balaban J connectivity index is 2.15. The average Bonchev–Trinajstić information content (AvgIpc) is 3.05. The normalized spacial score (nSPS) is 14.5. The van der Waals surface area contributed by atoms with E-state index in [2.05, 4.69) is 10.3 Å². The summed E-state index contributed by atoms with van der Waals surface area (Å²) in [6.07, 6.45) is 3.50. The van der Waals surface area contributed by atoms with Crippen LogP contribution >= 0.6 is 0 Å². The van der Waals surface area contributed by atoms with E-state index in [4.69, 9.17) is 4.74 Å². The lowest BCUT2D eigenvalue weighted by molar-refractivity contribution is -0.117. The van der Waals surface area contributed by atoms with Crippen molar-refractivity contribution < 1.29 is 14.3 Å². The smallest absolute Gasteiger partial charge is 0.342 e. The van der Waals surface area contributed by atoms with Crippen LogP contribution in [0.5, 0.6) is 0 Å². The molecule has 2 rings (SSSR count). The second kappa shape index (κ2) is 4.61. The van der Waals surface area contributed by atoms with Gasteiger partial charge < -0.3 is 15.0 Å². The number of carbonyl (C=O) groups excluding carboxylic acids is 2. The van der Waals surface area contributed by atoms with Crippen LogP contribution in [0.15, 0.2) is 6.20 Å². The quantitative estimate of drug-likeness (QED) is 0.784. The first-order valence-corrected chi connectivity index (χ1v) is 5.79. The van der Waals surface area contributed by atoms with E-state index in [1.165, 1.54) is 0 Å². The molecule has 0 aliphatic heterocycles. The van der Waals surface area contributed by atoms with Gasteiger partial charge in [-0.15, -0.1) is 0 Å². The minimum Gasteiger partial charge on any atom is -0.462 e. The number of nitrogens with one attached hydrogen (secondary N) is 2. The van der Waals surface area contributed by atoms with Gasteiger partial charge in [0.2, 0.25) is 5.91 Å². The number of esters is 1. The van der Waals surface area contributed by atoms with E-state index in [1.54, 1.807) is 20.0 Å².